The number of anilines is 1. The highest BCUT2D eigenvalue weighted by molar-refractivity contribution is 5.90. The SMILES string of the molecule is Cc1n[nH]c2ccc(-c3cc(NC[C@@H](N)Cc4c[nH]c5c(F)c(F)c(F)cc45)cnc3-c3ccoc3)cc12. The van der Waals surface area contributed by atoms with E-state index in [0.29, 0.717) is 18.5 Å². The van der Waals surface area contributed by atoms with Crippen LogP contribution in [0.4, 0.5) is 18.9 Å². The fraction of sp³-hybridized carbons (Fsp3) is 0.143. The third-order valence-electron chi connectivity index (χ3n) is 6.70. The summed E-state index contributed by atoms with van der Waals surface area (Å²) in [6.07, 6.45) is 6.82. The van der Waals surface area contributed by atoms with E-state index < -0.39 is 23.5 Å². The number of hydrogen-bond acceptors (Lipinski definition) is 5. The van der Waals surface area contributed by atoms with E-state index in [1.54, 1.807) is 18.7 Å². The summed E-state index contributed by atoms with van der Waals surface area (Å²) < 4.78 is 46.7. The van der Waals surface area contributed by atoms with Crippen LogP contribution in [-0.2, 0) is 6.42 Å². The van der Waals surface area contributed by atoms with Gasteiger partial charge in [0.1, 0.15) is 0 Å². The van der Waals surface area contributed by atoms with Crippen molar-refractivity contribution in [2.24, 2.45) is 5.73 Å². The molecule has 0 fully saturated rings. The fourth-order valence-corrected chi connectivity index (χ4v) is 4.72. The van der Waals surface area contributed by atoms with Crippen molar-refractivity contribution in [1.82, 2.24) is 20.2 Å². The van der Waals surface area contributed by atoms with Crippen LogP contribution in [-0.4, -0.2) is 32.8 Å². The minimum Gasteiger partial charge on any atom is -0.472 e. The maximum absolute atomic E-state index is 14.1. The van der Waals surface area contributed by atoms with Crippen LogP contribution >= 0.6 is 0 Å². The number of aromatic amines is 2. The number of fused-ring (bicyclic) bond motifs is 2. The molecule has 0 unspecified atom stereocenters. The number of nitrogens with one attached hydrogen (secondary N) is 3. The average Bonchev–Trinajstić information content (AvgIpc) is 3.67. The number of hydrogen-bond donors (Lipinski definition) is 4. The lowest BCUT2D eigenvalue weighted by atomic mass is 9.98. The van der Waals surface area contributed by atoms with Gasteiger partial charge in [0.15, 0.2) is 17.5 Å². The Labute approximate surface area is 214 Å². The normalized spacial score (nSPS) is 12.4. The van der Waals surface area contributed by atoms with E-state index in [2.05, 4.69) is 26.6 Å². The van der Waals surface area contributed by atoms with Crippen molar-refractivity contribution in [3.63, 3.8) is 0 Å². The van der Waals surface area contributed by atoms with Gasteiger partial charge in [0.25, 0.3) is 0 Å². The molecule has 0 aliphatic heterocycles. The van der Waals surface area contributed by atoms with Crippen molar-refractivity contribution in [2.75, 3.05) is 11.9 Å². The van der Waals surface area contributed by atoms with Crippen molar-refractivity contribution >= 4 is 27.5 Å². The highest BCUT2D eigenvalue weighted by Crippen LogP contribution is 2.34. The Morgan fingerprint density at radius 2 is 1.92 bits per heavy atom. The first-order chi connectivity index (χ1) is 18.4. The van der Waals surface area contributed by atoms with Crippen LogP contribution in [0.5, 0.6) is 0 Å². The molecule has 0 aliphatic rings. The standard InChI is InChI=1S/C28H23F3N6O/c1-14-20-7-15(2-3-24(20)37-36-14)21-8-19(12-35-27(21)16-4-5-38-13-16)33-11-18(32)6-17-10-34-28-22(17)9-23(29)25(30)26(28)31/h2-5,7-10,12-13,18,33-34H,6,11,32H2,1H3,(H,36,37)/t18-/m0/s1. The molecule has 6 rings (SSSR count). The van der Waals surface area contributed by atoms with Gasteiger partial charge in [-0.25, -0.2) is 13.2 Å². The molecule has 38 heavy (non-hydrogen) atoms. The monoisotopic (exact) mass is 516 g/mol. The average molecular weight is 517 g/mol. The summed E-state index contributed by atoms with van der Waals surface area (Å²) in [5, 5.41) is 11.9. The van der Waals surface area contributed by atoms with Gasteiger partial charge in [-0.15, -0.1) is 0 Å². The summed E-state index contributed by atoms with van der Waals surface area (Å²) in [4.78, 5) is 7.38. The van der Waals surface area contributed by atoms with Crippen molar-refractivity contribution in [3.8, 4) is 22.4 Å². The molecule has 0 saturated heterocycles. The van der Waals surface area contributed by atoms with Gasteiger partial charge >= 0.3 is 0 Å². The molecule has 7 nitrogen and oxygen atoms in total. The number of aryl methyl sites for hydroxylation is 1. The first-order valence-corrected chi connectivity index (χ1v) is 12.0. The van der Waals surface area contributed by atoms with Gasteiger partial charge in [-0.05, 0) is 54.8 Å². The third kappa shape index (κ3) is 4.18. The van der Waals surface area contributed by atoms with Crippen LogP contribution in [0, 0.1) is 24.4 Å². The molecule has 4 heterocycles. The molecule has 0 aliphatic carbocycles. The summed E-state index contributed by atoms with van der Waals surface area (Å²) in [5.41, 5.74) is 13.0. The number of benzene rings is 2. The zero-order valence-electron chi connectivity index (χ0n) is 20.3. The number of nitrogens with two attached hydrogens (primary N) is 1. The van der Waals surface area contributed by atoms with Crippen LogP contribution in [0.15, 0.2) is 65.7 Å². The minimum atomic E-state index is -1.50. The molecular formula is C28H23F3N6O. The molecule has 10 heteroatoms. The Kier molecular flexibility index (Phi) is 5.88. The predicted molar refractivity (Wildman–Crippen MR) is 140 cm³/mol. The zero-order chi connectivity index (χ0) is 26.4. The van der Waals surface area contributed by atoms with E-state index in [9.17, 15) is 13.2 Å². The molecular weight excluding hydrogens is 493 g/mol. The molecule has 2 aromatic carbocycles. The van der Waals surface area contributed by atoms with Crippen molar-refractivity contribution in [2.45, 2.75) is 19.4 Å². The molecule has 0 saturated carbocycles. The summed E-state index contributed by atoms with van der Waals surface area (Å²) in [5.74, 6) is -3.97. The molecule has 6 aromatic rings. The molecule has 0 spiro atoms. The Bertz CT molecular complexity index is 1770. The summed E-state index contributed by atoms with van der Waals surface area (Å²) in [6, 6.07) is 10.5. The van der Waals surface area contributed by atoms with Crippen molar-refractivity contribution in [3.05, 3.63) is 90.0 Å². The highest BCUT2D eigenvalue weighted by Gasteiger charge is 2.19. The Hall–Kier alpha value is -4.57. The van der Waals surface area contributed by atoms with Crippen LogP contribution in [0.25, 0.3) is 44.2 Å². The molecule has 1 atom stereocenters. The second-order valence-corrected chi connectivity index (χ2v) is 9.27. The van der Waals surface area contributed by atoms with Crippen molar-refractivity contribution in [1.29, 1.82) is 0 Å². The molecule has 4 aromatic heterocycles. The number of pyridine rings is 1. The molecule has 192 valence electrons. The summed E-state index contributed by atoms with van der Waals surface area (Å²) in [7, 11) is 0. The van der Waals surface area contributed by atoms with Crippen LogP contribution in [0.1, 0.15) is 11.3 Å². The number of halogens is 3. The van der Waals surface area contributed by atoms with Gasteiger partial charge in [0.05, 0.1) is 46.8 Å². The largest absolute Gasteiger partial charge is 0.472 e. The maximum Gasteiger partial charge on any atom is 0.196 e. The van der Waals surface area contributed by atoms with E-state index in [0.717, 1.165) is 50.7 Å². The summed E-state index contributed by atoms with van der Waals surface area (Å²) in [6.45, 7) is 2.31. The molecule has 0 amide bonds. The van der Waals surface area contributed by atoms with Gasteiger partial charge in [0, 0.05) is 40.7 Å². The first kappa shape index (κ1) is 23.8. The van der Waals surface area contributed by atoms with Crippen molar-refractivity contribution < 1.29 is 17.6 Å². The lowest BCUT2D eigenvalue weighted by Gasteiger charge is -2.15. The Morgan fingerprint density at radius 1 is 1.05 bits per heavy atom. The molecule has 0 bridgehead atoms. The fourth-order valence-electron chi connectivity index (χ4n) is 4.72. The second kappa shape index (κ2) is 9.38. The van der Waals surface area contributed by atoms with Gasteiger partial charge in [0.2, 0.25) is 0 Å². The second-order valence-electron chi connectivity index (χ2n) is 9.27. The zero-order valence-corrected chi connectivity index (χ0v) is 20.3. The first-order valence-electron chi connectivity index (χ1n) is 12.0. The lowest BCUT2D eigenvalue weighted by Crippen LogP contribution is -2.31. The predicted octanol–water partition coefficient (Wildman–Crippen LogP) is 6.07. The molecule has 5 N–H and O–H groups in total. The Morgan fingerprint density at radius 3 is 2.74 bits per heavy atom. The van der Waals surface area contributed by atoms with Crippen LogP contribution in [0.3, 0.4) is 0 Å². The van der Waals surface area contributed by atoms with Crippen LogP contribution in [0.2, 0.25) is 0 Å². The lowest BCUT2D eigenvalue weighted by molar-refractivity contribution is 0.453. The minimum absolute atomic E-state index is 0.0763. The topological polar surface area (TPSA) is 109 Å². The van der Waals surface area contributed by atoms with E-state index in [-0.39, 0.29) is 10.9 Å². The van der Waals surface area contributed by atoms with E-state index in [1.165, 1.54) is 6.20 Å². The number of rotatable bonds is 7. The van der Waals surface area contributed by atoms with Gasteiger partial charge in [-0.2, -0.15) is 5.10 Å². The Balaban J connectivity index is 1.26. The van der Waals surface area contributed by atoms with Gasteiger partial charge < -0.3 is 20.5 Å². The third-order valence-corrected chi connectivity index (χ3v) is 6.70. The van der Waals surface area contributed by atoms with E-state index >= 15 is 0 Å². The quantitative estimate of drug-likeness (QED) is 0.193. The number of H-pyrrole nitrogens is 2. The number of nitrogens with zero attached hydrogens (tertiary/aromatic N) is 2. The smallest absolute Gasteiger partial charge is 0.196 e. The van der Waals surface area contributed by atoms with E-state index in [1.807, 2.05) is 31.2 Å². The van der Waals surface area contributed by atoms with Crippen LogP contribution < -0.4 is 11.1 Å². The van der Waals surface area contributed by atoms with Gasteiger partial charge in [-0.3, -0.25) is 10.1 Å². The highest BCUT2D eigenvalue weighted by atomic mass is 19.2. The number of furan rings is 1. The maximum atomic E-state index is 14.1. The van der Waals surface area contributed by atoms with Gasteiger partial charge in [-0.1, -0.05) is 6.07 Å². The van der Waals surface area contributed by atoms with E-state index in [4.69, 9.17) is 15.1 Å². The number of aromatic nitrogens is 4. The molecule has 0 radical (unpaired) electrons. The summed E-state index contributed by atoms with van der Waals surface area (Å²) >= 11 is 0.